The number of carbonyl (C=O) groups is 2. The van der Waals surface area contributed by atoms with E-state index in [2.05, 4.69) is 10.2 Å². The van der Waals surface area contributed by atoms with Gasteiger partial charge in [0, 0.05) is 11.3 Å². The molecule has 2 aromatic carbocycles. The van der Waals surface area contributed by atoms with Crippen molar-refractivity contribution in [2.24, 2.45) is 5.73 Å². The number of nitrogens with two attached hydrogens (primary N) is 1. The van der Waals surface area contributed by atoms with Gasteiger partial charge in [-0.05, 0) is 36.4 Å². The van der Waals surface area contributed by atoms with Crippen molar-refractivity contribution in [3.8, 4) is 5.75 Å². The molecule has 1 heterocycles. The number of primary amides is 1. The largest absolute Gasteiger partial charge is 0.506 e. The Morgan fingerprint density at radius 3 is 2.35 bits per heavy atom. The number of nitrogens with zero attached hydrogens (tertiary/aromatic N) is 1. The number of quaternary nitrogens is 1. The highest BCUT2D eigenvalue weighted by Gasteiger charge is 2.23. The predicted molar refractivity (Wildman–Crippen MR) is 99.5 cm³/mol. The van der Waals surface area contributed by atoms with Crippen LogP contribution < -0.4 is 20.9 Å². The number of hydrogen-bond donors (Lipinski definition) is 4. The van der Waals surface area contributed by atoms with Gasteiger partial charge < -0.3 is 26.0 Å². The summed E-state index contributed by atoms with van der Waals surface area (Å²) in [6.45, 7) is 3.60. The van der Waals surface area contributed by atoms with Crippen LogP contribution in [0.15, 0.2) is 48.5 Å². The number of nitrogens with one attached hydrogen (secondary N) is 2. The smallest absolute Gasteiger partial charge is 0.279 e. The molecule has 3 rings (SSSR count). The molecule has 2 aromatic rings. The molecule has 0 bridgehead atoms. The van der Waals surface area contributed by atoms with E-state index in [9.17, 15) is 14.7 Å². The summed E-state index contributed by atoms with van der Waals surface area (Å²) in [5.41, 5.74) is 7.10. The van der Waals surface area contributed by atoms with Crippen LogP contribution in [-0.2, 0) is 4.79 Å². The molecule has 1 fully saturated rings. The van der Waals surface area contributed by atoms with Gasteiger partial charge in [-0.1, -0.05) is 12.1 Å². The molecule has 0 radical (unpaired) electrons. The highest BCUT2D eigenvalue weighted by Crippen LogP contribution is 2.25. The Kier molecular flexibility index (Phi) is 5.38. The first-order chi connectivity index (χ1) is 12.5. The lowest BCUT2D eigenvalue weighted by atomic mass is 10.2. The Hall–Kier alpha value is -3.06. The fraction of sp³-hybridized carbons (Fsp3) is 0.263. The molecule has 0 unspecified atom stereocenters. The van der Waals surface area contributed by atoms with Crippen LogP contribution >= 0.6 is 0 Å². The van der Waals surface area contributed by atoms with Gasteiger partial charge in [0.1, 0.15) is 5.75 Å². The predicted octanol–water partition coefficient (Wildman–Crippen LogP) is -0.165. The summed E-state index contributed by atoms with van der Waals surface area (Å²) in [6, 6.07) is 13.8. The number of aromatic hydroxyl groups is 1. The third kappa shape index (κ3) is 4.31. The Labute approximate surface area is 152 Å². The maximum atomic E-state index is 12.2. The molecule has 0 atom stereocenters. The van der Waals surface area contributed by atoms with Gasteiger partial charge in [-0.15, -0.1) is 0 Å². The zero-order chi connectivity index (χ0) is 18.5. The van der Waals surface area contributed by atoms with E-state index in [0.29, 0.717) is 17.8 Å². The van der Waals surface area contributed by atoms with Crippen LogP contribution in [0, 0.1) is 0 Å². The molecule has 0 aliphatic carbocycles. The molecular formula is C19H23N4O3+. The summed E-state index contributed by atoms with van der Waals surface area (Å²) in [7, 11) is 0. The van der Waals surface area contributed by atoms with Crippen LogP contribution in [-0.4, -0.2) is 49.6 Å². The van der Waals surface area contributed by atoms with Crippen molar-refractivity contribution < 1.29 is 19.6 Å². The number of phenolic OH excluding ortho intramolecular Hbond substituents is 1. The monoisotopic (exact) mass is 355 g/mol. The number of rotatable bonds is 5. The highest BCUT2D eigenvalue weighted by molar-refractivity contribution is 5.95. The minimum Gasteiger partial charge on any atom is -0.506 e. The van der Waals surface area contributed by atoms with Crippen molar-refractivity contribution >= 4 is 23.2 Å². The molecule has 7 nitrogen and oxygen atoms in total. The second kappa shape index (κ2) is 7.88. The van der Waals surface area contributed by atoms with Gasteiger partial charge in [-0.2, -0.15) is 0 Å². The summed E-state index contributed by atoms with van der Waals surface area (Å²) in [5.74, 6) is -0.273. The van der Waals surface area contributed by atoms with Crippen LogP contribution in [0.5, 0.6) is 5.75 Å². The molecule has 136 valence electrons. The molecule has 1 aliphatic heterocycles. The van der Waals surface area contributed by atoms with Gasteiger partial charge in [-0.3, -0.25) is 9.59 Å². The highest BCUT2D eigenvalue weighted by atomic mass is 16.3. The van der Waals surface area contributed by atoms with Gasteiger partial charge in [0.25, 0.3) is 5.91 Å². The second-order valence-electron chi connectivity index (χ2n) is 6.39. The third-order valence-corrected chi connectivity index (χ3v) is 4.56. The van der Waals surface area contributed by atoms with Gasteiger partial charge in [-0.25, -0.2) is 0 Å². The lowest BCUT2D eigenvalue weighted by Gasteiger charge is -2.33. The van der Waals surface area contributed by atoms with Crippen molar-refractivity contribution in [3.05, 3.63) is 54.1 Å². The Morgan fingerprint density at radius 2 is 1.73 bits per heavy atom. The number of hydrogen-bond acceptors (Lipinski definition) is 4. The number of para-hydroxylation sites is 2. The number of piperazine rings is 1. The number of carbonyl (C=O) groups excluding carboxylic acids is 2. The number of benzene rings is 2. The minimum absolute atomic E-state index is 0.0668. The van der Waals surface area contributed by atoms with E-state index in [1.54, 1.807) is 36.4 Å². The number of anilines is 2. The molecule has 7 heteroatoms. The summed E-state index contributed by atoms with van der Waals surface area (Å²) < 4.78 is 0. The molecule has 0 aromatic heterocycles. The van der Waals surface area contributed by atoms with Crippen molar-refractivity contribution in [3.63, 3.8) is 0 Å². The van der Waals surface area contributed by atoms with Crippen LogP contribution in [0.3, 0.4) is 0 Å². The molecule has 2 amide bonds. The Bertz CT molecular complexity index is 784. The molecule has 5 N–H and O–H groups in total. The van der Waals surface area contributed by atoms with Crippen molar-refractivity contribution in [2.45, 2.75) is 0 Å². The fourth-order valence-electron chi connectivity index (χ4n) is 3.12. The average molecular weight is 355 g/mol. The second-order valence-corrected chi connectivity index (χ2v) is 6.39. The van der Waals surface area contributed by atoms with E-state index in [1.807, 2.05) is 12.1 Å². The maximum Gasteiger partial charge on any atom is 0.279 e. The van der Waals surface area contributed by atoms with Gasteiger partial charge in [0.05, 0.1) is 31.9 Å². The van der Waals surface area contributed by atoms with Crippen LogP contribution in [0.4, 0.5) is 11.4 Å². The van der Waals surface area contributed by atoms with Crippen LogP contribution in [0.2, 0.25) is 0 Å². The van der Waals surface area contributed by atoms with Crippen molar-refractivity contribution in [2.75, 3.05) is 42.9 Å². The summed E-state index contributed by atoms with van der Waals surface area (Å²) in [4.78, 5) is 26.6. The van der Waals surface area contributed by atoms with Gasteiger partial charge in [0.15, 0.2) is 6.54 Å². The van der Waals surface area contributed by atoms with Crippen molar-refractivity contribution in [1.29, 1.82) is 0 Å². The quantitative estimate of drug-likeness (QED) is 0.599. The number of phenols is 1. The summed E-state index contributed by atoms with van der Waals surface area (Å²) >= 11 is 0. The first-order valence-electron chi connectivity index (χ1n) is 8.59. The molecule has 1 aliphatic rings. The van der Waals surface area contributed by atoms with E-state index < -0.39 is 5.91 Å². The third-order valence-electron chi connectivity index (χ3n) is 4.56. The van der Waals surface area contributed by atoms with E-state index in [4.69, 9.17) is 5.73 Å². The van der Waals surface area contributed by atoms with Gasteiger partial charge in [0.2, 0.25) is 5.91 Å². The van der Waals surface area contributed by atoms with E-state index in [0.717, 1.165) is 31.9 Å². The summed E-state index contributed by atoms with van der Waals surface area (Å²) in [5, 5.41) is 12.8. The Balaban J connectivity index is 1.49. The van der Waals surface area contributed by atoms with E-state index in [-0.39, 0.29) is 11.7 Å². The zero-order valence-corrected chi connectivity index (χ0v) is 14.4. The lowest BCUT2D eigenvalue weighted by molar-refractivity contribution is -0.892. The van der Waals surface area contributed by atoms with Gasteiger partial charge >= 0.3 is 0 Å². The van der Waals surface area contributed by atoms with E-state index in [1.165, 1.54) is 4.90 Å². The molecule has 0 spiro atoms. The van der Waals surface area contributed by atoms with Crippen LogP contribution in [0.1, 0.15) is 10.4 Å². The van der Waals surface area contributed by atoms with E-state index >= 15 is 0 Å². The molecule has 26 heavy (non-hydrogen) atoms. The topological polar surface area (TPSA) is 100 Å². The SMILES string of the molecule is NC(=O)c1ccc(NC(=O)C[NH+]2CCN(c3ccccc3O)CC2)cc1. The first kappa shape index (κ1) is 17.8. The fourth-order valence-corrected chi connectivity index (χ4v) is 3.12. The van der Waals surface area contributed by atoms with Crippen LogP contribution in [0.25, 0.3) is 0 Å². The molecule has 1 saturated heterocycles. The standard InChI is InChI=1S/C19H22N4O3/c20-19(26)14-5-7-15(8-6-14)21-18(25)13-22-9-11-23(12-10-22)16-3-1-2-4-17(16)24/h1-8,24H,9-13H2,(H2,20,26)(H,21,25)/p+1. The molecular weight excluding hydrogens is 332 g/mol. The summed E-state index contributed by atoms with van der Waals surface area (Å²) in [6.07, 6.45) is 0. The average Bonchev–Trinajstić information content (AvgIpc) is 2.63. The lowest BCUT2D eigenvalue weighted by Crippen LogP contribution is -3.15. The zero-order valence-electron chi connectivity index (χ0n) is 14.4. The molecule has 0 saturated carbocycles. The normalized spacial score (nSPS) is 14.8. The maximum absolute atomic E-state index is 12.2. The minimum atomic E-state index is -0.491. The Morgan fingerprint density at radius 1 is 1.08 bits per heavy atom. The number of amides is 2. The van der Waals surface area contributed by atoms with Crippen molar-refractivity contribution in [1.82, 2.24) is 0 Å². The first-order valence-corrected chi connectivity index (χ1v) is 8.59.